The van der Waals surface area contributed by atoms with E-state index in [9.17, 15) is 4.79 Å². The predicted molar refractivity (Wildman–Crippen MR) is 88.4 cm³/mol. The molecule has 4 nitrogen and oxygen atoms in total. The van der Waals surface area contributed by atoms with Crippen molar-refractivity contribution in [2.45, 2.75) is 13.0 Å². The molecule has 0 saturated heterocycles. The third-order valence-electron chi connectivity index (χ3n) is 2.96. The van der Waals surface area contributed by atoms with Crippen molar-refractivity contribution in [2.75, 3.05) is 13.6 Å². The van der Waals surface area contributed by atoms with E-state index in [0.717, 1.165) is 5.56 Å². The molecule has 0 aliphatic carbocycles. The minimum atomic E-state index is -0.190. The van der Waals surface area contributed by atoms with Gasteiger partial charge < -0.3 is 10.6 Å². The molecule has 0 radical (unpaired) electrons. The molecule has 0 spiro atoms. The minimum absolute atomic E-state index is 0.190. The Bertz CT molecular complexity index is 645. The van der Waals surface area contributed by atoms with Crippen LogP contribution in [0.4, 0.5) is 0 Å². The van der Waals surface area contributed by atoms with Crippen molar-refractivity contribution < 1.29 is 4.79 Å². The van der Waals surface area contributed by atoms with Crippen molar-refractivity contribution in [3.05, 3.63) is 39.3 Å². The average Bonchev–Trinajstić information content (AvgIpc) is 2.93. The van der Waals surface area contributed by atoms with E-state index in [2.05, 4.69) is 15.6 Å². The Hall–Kier alpha value is -1.14. The van der Waals surface area contributed by atoms with Crippen molar-refractivity contribution in [3.63, 3.8) is 0 Å². The molecule has 0 saturated carbocycles. The van der Waals surface area contributed by atoms with E-state index >= 15 is 0 Å². The van der Waals surface area contributed by atoms with E-state index in [-0.39, 0.29) is 11.9 Å². The average molecular weight is 344 g/mol. The van der Waals surface area contributed by atoms with E-state index in [4.69, 9.17) is 23.2 Å². The Kier molecular flexibility index (Phi) is 5.58. The summed E-state index contributed by atoms with van der Waals surface area (Å²) < 4.78 is 0. The molecule has 0 fully saturated rings. The predicted octanol–water partition coefficient (Wildman–Crippen LogP) is 3.45. The first-order valence-corrected chi connectivity index (χ1v) is 8.01. The number of aromatic nitrogens is 1. The lowest BCUT2D eigenvalue weighted by atomic mass is 10.2. The normalized spacial score (nSPS) is 12.2. The molecule has 0 aliphatic rings. The third-order valence-corrected chi connectivity index (χ3v) is 4.38. The molecule has 7 heteroatoms. The lowest BCUT2D eigenvalue weighted by Gasteiger charge is -2.10. The number of hydrogen-bond donors (Lipinski definition) is 2. The van der Waals surface area contributed by atoms with Crippen LogP contribution in [0.5, 0.6) is 0 Å². The molecule has 1 atom stereocenters. The van der Waals surface area contributed by atoms with Crippen molar-refractivity contribution in [1.82, 2.24) is 15.6 Å². The maximum absolute atomic E-state index is 12.0. The zero-order chi connectivity index (χ0) is 15.4. The number of rotatable bonds is 5. The van der Waals surface area contributed by atoms with E-state index in [0.29, 0.717) is 27.3 Å². The van der Waals surface area contributed by atoms with E-state index in [1.54, 1.807) is 23.6 Å². The van der Waals surface area contributed by atoms with Crippen molar-refractivity contribution in [3.8, 4) is 10.6 Å². The Balaban J connectivity index is 2.12. The van der Waals surface area contributed by atoms with Gasteiger partial charge in [-0.15, -0.1) is 11.3 Å². The van der Waals surface area contributed by atoms with Crippen molar-refractivity contribution in [1.29, 1.82) is 0 Å². The van der Waals surface area contributed by atoms with Gasteiger partial charge >= 0.3 is 0 Å². The Morgan fingerprint density at radius 1 is 1.43 bits per heavy atom. The molecule has 2 rings (SSSR count). The fourth-order valence-corrected chi connectivity index (χ4v) is 3.00. The first kappa shape index (κ1) is 16.2. The van der Waals surface area contributed by atoms with Gasteiger partial charge in [-0.3, -0.25) is 4.79 Å². The summed E-state index contributed by atoms with van der Waals surface area (Å²) in [6.07, 6.45) is 0. The van der Waals surface area contributed by atoms with E-state index in [1.807, 2.05) is 14.0 Å². The highest BCUT2D eigenvalue weighted by Crippen LogP contribution is 2.32. The number of carbonyl (C=O) groups is 1. The van der Waals surface area contributed by atoms with Crippen LogP contribution in [0.3, 0.4) is 0 Å². The zero-order valence-corrected chi connectivity index (χ0v) is 13.9. The quantitative estimate of drug-likeness (QED) is 0.873. The lowest BCUT2D eigenvalue weighted by molar-refractivity contribution is 0.0946. The van der Waals surface area contributed by atoms with Crippen LogP contribution in [0.15, 0.2) is 23.6 Å². The van der Waals surface area contributed by atoms with Gasteiger partial charge in [0.1, 0.15) is 10.7 Å². The van der Waals surface area contributed by atoms with Gasteiger partial charge in [0.05, 0.1) is 5.02 Å². The molecule has 1 aromatic heterocycles. The van der Waals surface area contributed by atoms with Crippen LogP contribution in [0.2, 0.25) is 10.0 Å². The van der Waals surface area contributed by atoms with Gasteiger partial charge in [0, 0.05) is 28.6 Å². The molecule has 0 aliphatic heterocycles. The maximum Gasteiger partial charge on any atom is 0.270 e. The van der Waals surface area contributed by atoms with Crippen LogP contribution in [0, 0.1) is 0 Å². The number of carbonyl (C=O) groups excluding carboxylic acids is 1. The first-order chi connectivity index (χ1) is 10.0. The van der Waals surface area contributed by atoms with Gasteiger partial charge in [0.2, 0.25) is 0 Å². The Labute approximate surface area is 137 Å². The summed E-state index contributed by atoms with van der Waals surface area (Å²) >= 11 is 13.4. The van der Waals surface area contributed by atoms with E-state index in [1.165, 1.54) is 11.3 Å². The van der Waals surface area contributed by atoms with Crippen molar-refractivity contribution >= 4 is 40.4 Å². The lowest BCUT2D eigenvalue weighted by Crippen LogP contribution is -2.37. The number of nitrogens with zero attached hydrogens (tertiary/aromatic N) is 1. The molecule has 112 valence electrons. The summed E-state index contributed by atoms with van der Waals surface area (Å²) in [5, 5.41) is 9.39. The molecular weight excluding hydrogens is 329 g/mol. The SMILES string of the molecule is CNC(C)CNC(=O)c1csc(-c2ccc(Cl)cc2Cl)n1. The van der Waals surface area contributed by atoms with Crippen LogP contribution in [-0.2, 0) is 0 Å². The molecule has 1 aromatic carbocycles. The second-order valence-corrected chi connectivity index (χ2v) is 6.26. The summed E-state index contributed by atoms with van der Waals surface area (Å²) in [5.74, 6) is -0.190. The van der Waals surface area contributed by atoms with Gasteiger partial charge in [0.25, 0.3) is 5.91 Å². The largest absolute Gasteiger partial charge is 0.349 e. The summed E-state index contributed by atoms with van der Waals surface area (Å²) in [4.78, 5) is 16.3. The van der Waals surface area contributed by atoms with Crippen LogP contribution in [0.1, 0.15) is 17.4 Å². The summed E-state index contributed by atoms with van der Waals surface area (Å²) in [5.41, 5.74) is 1.16. The second-order valence-electron chi connectivity index (χ2n) is 4.56. The first-order valence-electron chi connectivity index (χ1n) is 6.37. The minimum Gasteiger partial charge on any atom is -0.349 e. The number of likely N-dealkylation sites (N-methyl/N-ethyl adjacent to an activating group) is 1. The number of benzene rings is 1. The van der Waals surface area contributed by atoms with Gasteiger partial charge in [0.15, 0.2) is 0 Å². The van der Waals surface area contributed by atoms with Gasteiger partial charge in [-0.05, 0) is 32.2 Å². The van der Waals surface area contributed by atoms with Crippen LogP contribution < -0.4 is 10.6 Å². The van der Waals surface area contributed by atoms with Crippen LogP contribution in [0.25, 0.3) is 10.6 Å². The molecule has 0 bridgehead atoms. The fraction of sp³-hybridized carbons (Fsp3) is 0.286. The van der Waals surface area contributed by atoms with Crippen molar-refractivity contribution in [2.24, 2.45) is 0 Å². The number of thiazole rings is 1. The summed E-state index contributed by atoms with van der Waals surface area (Å²) in [6, 6.07) is 5.42. The smallest absolute Gasteiger partial charge is 0.270 e. The third kappa shape index (κ3) is 4.17. The number of hydrogen-bond acceptors (Lipinski definition) is 4. The number of nitrogens with one attached hydrogen (secondary N) is 2. The second kappa shape index (κ2) is 7.22. The topological polar surface area (TPSA) is 54.0 Å². The van der Waals surface area contributed by atoms with Crippen LogP contribution in [-0.4, -0.2) is 30.5 Å². The monoisotopic (exact) mass is 343 g/mol. The maximum atomic E-state index is 12.0. The zero-order valence-electron chi connectivity index (χ0n) is 11.6. The van der Waals surface area contributed by atoms with Gasteiger partial charge in [-0.25, -0.2) is 4.98 Å². The molecule has 2 aromatic rings. The van der Waals surface area contributed by atoms with Gasteiger partial charge in [-0.2, -0.15) is 0 Å². The molecule has 1 unspecified atom stereocenters. The molecule has 1 heterocycles. The highest BCUT2D eigenvalue weighted by Gasteiger charge is 2.14. The standard InChI is InChI=1S/C14H15Cl2N3OS/c1-8(17-2)6-18-13(20)12-7-21-14(19-12)10-4-3-9(15)5-11(10)16/h3-5,7-8,17H,6H2,1-2H3,(H,18,20). The summed E-state index contributed by atoms with van der Waals surface area (Å²) in [7, 11) is 1.85. The number of amides is 1. The Morgan fingerprint density at radius 2 is 2.19 bits per heavy atom. The van der Waals surface area contributed by atoms with Gasteiger partial charge in [-0.1, -0.05) is 23.2 Å². The molecule has 1 amide bonds. The van der Waals surface area contributed by atoms with E-state index < -0.39 is 0 Å². The van der Waals surface area contributed by atoms with Crippen LogP contribution >= 0.6 is 34.5 Å². The number of halogens is 2. The molecule has 21 heavy (non-hydrogen) atoms. The Morgan fingerprint density at radius 3 is 2.86 bits per heavy atom. The highest BCUT2D eigenvalue weighted by molar-refractivity contribution is 7.13. The summed E-state index contributed by atoms with van der Waals surface area (Å²) in [6.45, 7) is 2.53. The fourth-order valence-electron chi connectivity index (χ4n) is 1.60. The molecule has 2 N–H and O–H groups in total. The highest BCUT2D eigenvalue weighted by atomic mass is 35.5. The molecular formula is C14H15Cl2N3OS.